The summed E-state index contributed by atoms with van der Waals surface area (Å²) in [6.45, 7) is 3.33. The molecular formula is C19H18F3NO3. The van der Waals surface area contributed by atoms with E-state index in [1.54, 1.807) is 6.07 Å². The first kappa shape index (κ1) is 18.2. The highest BCUT2D eigenvalue weighted by Crippen LogP contribution is 2.38. The van der Waals surface area contributed by atoms with Gasteiger partial charge in [-0.2, -0.15) is 13.2 Å². The molecule has 3 rings (SSSR count). The largest absolute Gasteiger partial charge is 0.454 e. The van der Waals surface area contributed by atoms with Crippen molar-refractivity contribution in [3.05, 3.63) is 58.4 Å². The van der Waals surface area contributed by atoms with Gasteiger partial charge < -0.3 is 9.30 Å². The summed E-state index contributed by atoms with van der Waals surface area (Å²) in [4.78, 5) is 24.3. The van der Waals surface area contributed by atoms with E-state index < -0.39 is 24.3 Å². The zero-order chi connectivity index (χ0) is 19.1. The van der Waals surface area contributed by atoms with Gasteiger partial charge in [0.15, 0.2) is 6.61 Å². The lowest BCUT2D eigenvalue weighted by Crippen LogP contribution is -2.15. The molecule has 138 valence electrons. The third-order valence-electron chi connectivity index (χ3n) is 4.48. The maximum Gasteiger partial charge on any atom is 0.416 e. The average Bonchev–Trinajstić information content (AvgIpc) is 3.37. The standard InChI is InChI=1S/C19H18F3NO3/c1-11-9-16(12(2)23(11)15-7-8-15)17(24)10-26-18(25)13-3-5-14(6-4-13)19(20,21)22/h3-6,9,15H,7-8,10H2,1-2H3. The van der Waals surface area contributed by atoms with Crippen molar-refractivity contribution in [2.75, 3.05) is 6.61 Å². The molecule has 7 heteroatoms. The first-order valence-electron chi connectivity index (χ1n) is 8.24. The van der Waals surface area contributed by atoms with Crippen molar-refractivity contribution >= 4 is 11.8 Å². The summed E-state index contributed by atoms with van der Waals surface area (Å²) < 4.78 is 44.7. The number of carbonyl (C=O) groups excluding carboxylic acids is 2. The van der Waals surface area contributed by atoms with Crippen LogP contribution in [0.5, 0.6) is 0 Å². The van der Waals surface area contributed by atoms with Gasteiger partial charge in [0.1, 0.15) is 0 Å². The van der Waals surface area contributed by atoms with Gasteiger partial charge in [0.2, 0.25) is 5.78 Å². The Morgan fingerprint density at radius 1 is 1.15 bits per heavy atom. The van der Waals surface area contributed by atoms with Gasteiger partial charge in [0.25, 0.3) is 0 Å². The second-order valence-electron chi connectivity index (χ2n) is 6.46. The molecule has 4 nitrogen and oxygen atoms in total. The maximum absolute atomic E-state index is 12.5. The molecule has 1 aromatic carbocycles. The highest BCUT2D eigenvalue weighted by molar-refractivity contribution is 6.00. The lowest BCUT2D eigenvalue weighted by molar-refractivity contribution is -0.137. The number of alkyl halides is 3. The van der Waals surface area contributed by atoms with Gasteiger partial charge in [-0.15, -0.1) is 0 Å². The van der Waals surface area contributed by atoms with Crippen molar-refractivity contribution in [2.45, 2.75) is 38.9 Å². The van der Waals surface area contributed by atoms with Gasteiger partial charge in [0.05, 0.1) is 11.1 Å². The summed E-state index contributed by atoms with van der Waals surface area (Å²) in [5, 5.41) is 0. The number of Topliss-reactive ketones (excluding diaryl/α,β-unsaturated/α-hetero) is 1. The number of ether oxygens (including phenoxy) is 1. The summed E-state index contributed by atoms with van der Waals surface area (Å²) >= 11 is 0. The SMILES string of the molecule is Cc1cc(C(=O)COC(=O)c2ccc(C(F)(F)F)cc2)c(C)n1C1CC1. The lowest BCUT2D eigenvalue weighted by atomic mass is 10.1. The zero-order valence-electron chi connectivity index (χ0n) is 14.4. The number of nitrogens with zero attached hydrogens (tertiary/aromatic N) is 1. The van der Waals surface area contributed by atoms with E-state index in [2.05, 4.69) is 4.57 Å². The number of esters is 1. The van der Waals surface area contributed by atoms with Crippen LogP contribution in [-0.4, -0.2) is 22.9 Å². The fraction of sp³-hybridized carbons (Fsp3) is 0.368. The number of hydrogen-bond acceptors (Lipinski definition) is 3. The van der Waals surface area contributed by atoms with E-state index in [4.69, 9.17) is 4.74 Å². The smallest absolute Gasteiger partial charge is 0.416 e. The van der Waals surface area contributed by atoms with Crippen LogP contribution in [0, 0.1) is 13.8 Å². The Bertz CT molecular complexity index is 846. The molecular weight excluding hydrogens is 347 g/mol. The molecule has 0 aliphatic heterocycles. The number of rotatable bonds is 5. The summed E-state index contributed by atoms with van der Waals surface area (Å²) in [7, 11) is 0. The van der Waals surface area contributed by atoms with Crippen LogP contribution in [0.3, 0.4) is 0 Å². The van der Waals surface area contributed by atoms with E-state index in [1.807, 2.05) is 13.8 Å². The molecule has 0 saturated heterocycles. The molecule has 0 bridgehead atoms. The van der Waals surface area contributed by atoms with Crippen molar-refractivity contribution in [3.8, 4) is 0 Å². The molecule has 1 aliphatic carbocycles. The highest BCUT2D eigenvalue weighted by atomic mass is 19.4. The molecule has 1 saturated carbocycles. The fourth-order valence-corrected chi connectivity index (χ4v) is 3.04. The number of halogens is 3. The lowest BCUT2D eigenvalue weighted by Gasteiger charge is -2.09. The van der Waals surface area contributed by atoms with Gasteiger partial charge in [-0.1, -0.05) is 0 Å². The van der Waals surface area contributed by atoms with Crippen LogP contribution < -0.4 is 0 Å². The van der Waals surface area contributed by atoms with Crippen LogP contribution >= 0.6 is 0 Å². The minimum Gasteiger partial charge on any atom is -0.454 e. The van der Waals surface area contributed by atoms with Crippen LogP contribution in [-0.2, 0) is 10.9 Å². The molecule has 0 unspecified atom stereocenters. The van der Waals surface area contributed by atoms with Crippen molar-refractivity contribution < 1.29 is 27.5 Å². The van der Waals surface area contributed by atoms with Crippen LogP contribution in [0.1, 0.15) is 56.6 Å². The first-order valence-corrected chi connectivity index (χ1v) is 8.24. The van der Waals surface area contributed by atoms with E-state index >= 15 is 0 Å². The molecule has 1 fully saturated rings. The Morgan fingerprint density at radius 2 is 1.77 bits per heavy atom. The minimum absolute atomic E-state index is 0.0331. The van der Waals surface area contributed by atoms with Gasteiger partial charge in [-0.25, -0.2) is 4.79 Å². The number of ketones is 1. The van der Waals surface area contributed by atoms with Gasteiger partial charge in [-0.3, -0.25) is 4.79 Å². The Morgan fingerprint density at radius 3 is 2.31 bits per heavy atom. The molecule has 0 atom stereocenters. The summed E-state index contributed by atoms with van der Waals surface area (Å²) in [6, 6.07) is 5.90. The summed E-state index contributed by atoms with van der Waals surface area (Å²) in [6.07, 6.45) is -2.29. The molecule has 0 radical (unpaired) electrons. The predicted octanol–water partition coefficient (Wildman–Crippen LogP) is 4.50. The number of carbonyl (C=O) groups is 2. The predicted molar refractivity (Wildman–Crippen MR) is 88.2 cm³/mol. The Labute approximate surface area is 148 Å². The van der Waals surface area contributed by atoms with Crippen LogP contribution in [0.4, 0.5) is 13.2 Å². The van der Waals surface area contributed by atoms with E-state index in [1.165, 1.54) is 0 Å². The third-order valence-corrected chi connectivity index (χ3v) is 4.48. The van der Waals surface area contributed by atoms with Crippen molar-refractivity contribution in [2.24, 2.45) is 0 Å². The van der Waals surface area contributed by atoms with Crippen molar-refractivity contribution in [1.82, 2.24) is 4.57 Å². The van der Waals surface area contributed by atoms with Crippen molar-refractivity contribution in [3.63, 3.8) is 0 Å². The summed E-state index contributed by atoms with van der Waals surface area (Å²) in [5.41, 5.74) is 1.46. The second-order valence-corrected chi connectivity index (χ2v) is 6.46. The maximum atomic E-state index is 12.5. The third kappa shape index (κ3) is 3.66. The van der Waals surface area contributed by atoms with E-state index in [-0.39, 0.29) is 11.3 Å². The van der Waals surface area contributed by atoms with Crippen LogP contribution in [0.15, 0.2) is 30.3 Å². The number of aromatic nitrogens is 1. The van der Waals surface area contributed by atoms with Gasteiger partial charge in [0, 0.05) is 23.0 Å². The molecule has 26 heavy (non-hydrogen) atoms. The Hall–Kier alpha value is -2.57. The molecule has 1 aromatic heterocycles. The number of benzene rings is 1. The van der Waals surface area contributed by atoms with Gasteiger partial charge >= 0.3 is 12.1 Å². The molecule has 0 amide bonds. The van der Waals surface area contributed by atoms with Crippen LogP contribution in [0.25, 0.3) is 0 Å². The van der Waals surface area contributed by atoms with E-state index in [0.717, 1.165) is 48.5 Å². The quantitative estimate of drug-likeness (QED) is 0.579. The zero-order valence-corrected chi connectivity index (χ0v) is 14.4. The molecule has 0 spiro atoms. The normalized spacial score (nSPS) is 14.3. The summed E-state index contributed by atoms with van der Waals surface area (Å²) in [5.74, 6) is -1.16. The van der Waals surface area contributed by atoms with E-state index in [0.29, 0.717) is 11.6 Å². The van der Waals surface area contributed by atoms with Crippen molar-refractivity contribution in [1.29, 1.82) is 0 Å². The topological polar surface area (TPSA) is 48.3 Å². The minimum atomic E-state index is -4.47. The second kappa shape index (κ2) is 6.63. The highest BCUT2D eigenvalue weighted by Gasteiger charge is 2.30. The number of aryl methyl sites for hydroxylation is 1. The first-order chi connectivity index (χ1) is 12.2. The average molecular weight is 365 g/mol. The Balaban J connectivity index is 1.64. The molecule has 0 N–H and O–H groups in total. The molecule has 1 aliphatic rings. The monoisotopic (exact) mass is 365 g/mol. The number of hydrogen-bond donors (Lipinski definition) is 0. The molecule has 1 heterocycles. The molecule has 2 aromatic rings. The fourth-order valence-electron chi connectivity index (χ4n) is 3.04. The van der Waals surface area contributed by atoms with Gasteiger partial charge in [-0.05, 0) is 57.0 Å². The Kier molecular flexibility index (Phi) is 4.64. The van der Waals surface area contributed by atoms with Crippen LogP contribution in [0.2, 0.25) is 0 Å². The van der Waals surface area contributed by atoms with E-state index in [9.17, 15) is 22.8 Å².